The quantitative estimate of drug-likeness (QED) is 0.142. The number of benzene rings is 1. The van der Waals surface area contributed by atoms with Crippen molar-refractivity contribution < 1.29 is 9.90 Å². The molecule has 0 saturated heterocycles. The maximum absolute atomic E-state index is 11.7. The van der Waals surface area contributed by atoms with Crippen LogP contribution in [0.1, 0.15) is 141 Å². The maximum atomic E-state index is 11.7. The Morgan fingerprint density at radius 2 is 1.00 bits per heavy atom. The predicted octanol–water partition coefficient (Wildman–Crippen LogP) is 9.14. The average Bonchev–Trinajstić information content (AvgIpc) is 2.85. The molecule has 3 N–H and O–H groups in total. The Labute approximate surface area is 217 Å². The Morgan fingerprint density at radius 1 is 0.629 bits per heavy atom. The Morgan fingerprint density at radius 3 is 1.40 bits per heavy atom. The number of carbonyl (C=O) groups is 1. The third-order valence-electron chi connectivity index (χ3n) is 7.17. The van der Waals surface area contributed by atoms with E-state index in [-0.39, 0.29) is 11.8 Å². The number of hydrogen-bond donors (Lipinski definition) is 2. The average molecular weight is 489 g/mol. The lowest BCUT2D eigenvalue weighted by molar-refractivity contribution is 0.205. The molecule has 0 aliphatic heterocycles. The summed E-state index contributed by atoms with van der Waals surface area (Å²) in [6.45, 7) is 3.76. The van der Waals surface area contributed by atoms with Gasteiger partial charge in [0.05, 0.1) is 0 Å². The number of unbranched alkanes of at least 4 members (excludes halogenated alkanes) is 18. The molecule has 4 heteroatoms. The number of rotatable bonds is 24. The monoisotopic (exact) mass is 488 g/mol. The van der Waals surface area contributed by atoms with Gasteiger partial charge in [-0.2, -0.15) is 0 Å². The number of carbonyl (C=O) groups excluding carboxylic acids is 1. The van der Waals surface area contributed by atoms with Crippen LogP contribution in [0.4, 0.5) is 4.79 Å². The highest BCUT2D eigenvalue weighted by Gasteiger charge is 2.08. The number of urea groups is 1. The van der Waals surface area contributed by atoms with Gasteiger partial charge in [-0.1, -0.05) is 135 Å². The molecule has 0 atom stereocenters. The highest BCUT2D eigenvalue weighted by molar-refractivity contribution is 5.71. The number of hydrogen-bond acceptors (Lipinski definition) is 2. The number of aryl methyl sites for hydroxylation is 1. The second kappa shape index (κ2) is 22.7. The summed E-state index contributed by atoms with van der Waals surface area (Å²) in [6, 6.07) is 6.97. The topological polar surface area (TPSA) is 66.6 Å². The Kier molecular flexibility index (Phi) is 20.3. The zero-order valence-corrected chi connectivity index (χ0v) is 23.0. The zero-order chi connectivity index (χ0) is 25.4. The van der Waals surface area contributed by atoms with E-state index in [1.54, 1.807) is 17.0 Å². The first-order chi connectivity index (χ1) is 17.1. The van der Waals surface area contributed by atoms with Gasteiger partial charge in [-0.15, -0.1) is 0 Å². The lowest BCUT2D eigenvalue weighted by atomic mass is 10.0. The van der Waals surface area contributed by atoms with Crippen molar-refractivity contribution in [3.05, 3.63) is 29.8 Å². The van der Waals surface area contributed by atoms with Crippen LogP contribution in [0.25, 0.3) is 0 Å². The van der Waals surface area contributed by atoms with Crippen molar-refractivity contribution in [1.29, 1.82) is 0 Å². The van der Waals surface area contributed by atoms with Crippen LogP contribution >= 0.6 is 0 Å². The van der Waals surface area contributed by atoms with Gasteiger partial charge in [0.15, 0.2) is 0 Å². The van der Waals surface area contributed by atoms with Crippen LogP contribution in [-0.4, -0.2) is 29.1 Å². The standard InChI is InChI=1S/C31H56N2O2/c1-2-3-4-5-6-7-8-9-10-11-12-13-14-15-16-17-18-19-20-27-33(31(32)35)28-21-22-29-23-25-30(34)26-24-29/h23-26,34H,2-22,27-28H2,1H3,(H2,32,35). The van der Waals surface area contributed by atoms with E-state index in [1.807, 2.05) is 12.1 Å². The minimum atomic E-state index is -0.307. The summed E-state index contributed by atoms with van der Waals surface area (Å²) >= 11 is 0. The lowest BCUT2D eigenvalue weighted by Gasteiger charge is -2.20. The SMILES string of the molecule is CCCCCCCCCCCCCCCCCCCCCN(CCCc1ccc(O)cc1)C(N)=O. The fraction of sp³-hybridized carbons (Fsp3) is 0.774. The van der Waals surface area contributed by atoms with Crippen LogP contribution in [0.15, 0.2) is 24.3 Å². The molecule has 0 aliphatic rings. The van der Waals surface area contributed by atoms with Gasteiger partial charge >= 0.3 is 6.03 Å². The van der Waals surface area contributed by atoms with E-state index < -0.39 is 0 Å². The summed E-state index contributed by atoms with van der Waals surface area (Å²) in [5, 5.41) is 9.36. The molecule has 1 aromatic rings. The van der Waals surface area contributed by atoms with Gasteiger partial charge in [-0.3, -0.25) is 0 Å². The molecule has 0 unspecified atom stereocenters. The highest BCUT2D eigenvalue weighted by Crippen LogP contribution is 2.15. The van der Waals surface area contributed by atoms with E-state index in [0.717, 1.165) is 25.8 Å². The van der Waals surface area contributed by atoms with E-state index in [0.29, 0.717) is 6.54 Å². The third kappa shape index (κ3) is 19.2. The van der Waals surface area contributed by atoms with E-state index in [9.17, 15) is 9.90 Å². The molecular formula is C31H56N2O2. The minimum absolute atomic E-state index is 0.289. The van der Waals surface area contributed by atoms with Crippen LogP contribution in [0.3, 0.4) is 0 Å². The first kappa shape index (κ1) is 31.3. The fourth-order valence-electron chi connectivity index (χ4n) is 4.85. The second-order valence-electron chi connectivity index (χ2n) is 10.5. The molecular weight excluding hydrogens is 432 g/mol. The van der Waals surface area contributed by atoms with Gasteiger partial charge in [0.2, 0.25) is 0 Å². The summed E-state index contributed by atoms with van der Waals surface area (Å²) in [5.74, 6) is 0.289. The Balaban J connectivity index is 1.85. The number of phenols is 1. The van der Waals surface area contributed by atoms with Crippen molar-refractivity contribution >= 4 is 6.03 Å². The number of nitrogens with zero attached hydrogens (tertiary/aromatic N) is 1. The Hall–Kier alpha value is -1.71. The van der Waals surface area contributed by atoms with Gasteiger partial charge in [0, 0.05) is 13.1 Å². The molecule has 202 valence electrons. The van der Waals surface area contributed by atoms with E-state index in [4.69, 9.17) is 5.73 Å². The summed E-state index contributed by atoms with van der Waals surface area (Å²) in [5.41, 5.74) is 6.75. The van der Waals surface area contributed by atoms with Crippen LogP contribution in [0.5, 0.6) is 5.75 Å². The van der Waals surface area contributed by atoms with Crippen LogP contribution in [0.2, 0.25) is 0 Å². The molecule has 1 rings (SSSR count). The summed E-state index contributed by atoms with van der Waals surface area (Å²) in [6.07, 6.45) is 27.9. The second-order valence-corrected chi connectivity index (χ2v) is 10.5. The molecule has 4 nitrogen and oxygen atoms in total. The summed E-state index contributed by atoms with van der Waals surface area (Å²) in [4.78, 5) is 13.5. The van der Waals surface area contributed by atoms with Gasteiger partial charge in [0.1, 0.15) is 5.75 Å². The van der Waals surface area contributed by atoms with Crippen molar-refractivity contribution in [2.45, 2.75) is 142 Å². The van der Waals surface area contributed by atoms with Gasteiger partial charge < -0.3 is 15.7 Å². The van der Waals surface area contributed by atoms with E-state index in [2.05, 4.69) is 6.92 Å². The number of primary amides is 1. The molecule has 0 aromatic heterocycles. The highest BCUT2D eigenvalue weighted by atomic mass is 16.3. The first-order valence-electron chi connectivity index (χ1n) is 15.0. The molecule has 0 radical (unpaired) electrons. The lowest BCUT2D eigenvalue weighted by Crippen LogP contribution is -2.37. The van der Waals surface area contributed by atoms with Crippen molar-refractivity contribution in [3.63, 3.8) is 0 Å². The number of phenolic OH excluding ortho intramolecular Hbond substituents is 1. The molecule has 0 spiro atoms. The van der Waals surface area contributed by atoms with E-state index >= 15 is 0 Å². The molecule has 0 saturated carbocycles. The normalized spacial score (nSPS) is 11.1. The minimum Gasteiger partial charge on any atom is -0.508 e. The predicted molar refractivity (Wildman–Crippen MR) is 151 cm³/mol. The van der Waals surface area contributed by atoms with Crippen molar-refractivity contribution in [3.8, 4) is 5.75 Å². The molecule has 0 bridgehead atoms. The smallest absolute Gasteiger partial charge is 0.314 e. The van der Waals surface area contributed by atoms with Crippen LogP contribution in [-0.2, 0) is 6.42 Å². The largest absolute Gasteiger partial charge is 0.508 e. The number of aromatic hydroxyl groups is 1. The number of amides is 2. The van der Waals surface area contributed by atoms with Crippen molar-refractivity contribution in [2.75, 3.05) is 13.1 Å². The number of nitrogens with two attached hydrogens (primary N) is 1. The molecule has 35 heavy (non-hydrogen) atoms. The van der Waals surface area contributed by atoms with Crippen LogP contribution in [0, 0.1) is 0 Å². The fourth-order valence-corrected chi connectivity index (χ4v) is 4.85. The van der Waals surface area contributed by atoms with Crippen molar-refractivity contribution in [2.24, 2.45) is 5.73 Å². The zero-order valence-electron chi connectivity index (χ0n) is 23.0. The van der Waals surface area contributed by atoms with Gasteiger partial charge in [0.25, 0.3) is 0 Å². The molecule has 0 aliphatic carbocycles. The van der Waals surface area contributed by atoms with Crippen molar-refractivity contribution in [1.82, 2.24) is 4.90 Å². The first-order valence-corrected chi connectivity index (χ1v) is 15.0. The van der Waals surface area contributed by atoms with Gasteiger partial charge in [-0.25, -0.2) is 4.79 Å². The van der Waals surface area contributed by atoms with Gasteiger partial charge in [-0.05, 0) is 37.0 Å². The van der Waals surface area contributed by atoms with E-state index in [1.165, 1.54) is 121 Å². The molecule has 0 heterocycles. The molecule has 2 amide bonds. The summed E-state index contributed by atoms with van der Waals surface area (Å²) < 4.78 is 0. The van der Waals surface area contributed by atoms with Crippen LogP contribution < -0.4 is 5.73 Å². The molecule has 0 fully saturated rings. The molecule has 1 aromatic carbocycles. The maximum Gasteiger partial charge on any atom is 0.314 e. The third-order valence-corrected chi connectivity index (χ3v) is 7.17. The Bertz CT molecular complexity index is 603. The summed E-state index contributed by atoms with van der Waals surface area (Å²) in [7, 11) is 0.